The highest BCUT2D eigenvalue weighted by molar-refractivity contribution is 6.30. The summed E-state index contributed by atoms with van der Waals surface area (Å²) in [6.07, 6.45) is 1.38. The van der Waals surface area contributed by atoms with E-state index in [9.17, 15) is 4.39 Å². The van der Waals surface area contributed by atoms with Crippen LogP contribution in [0.4, 0.5) is 15.9 Å². The van der Waals surface area contributed by atoms with E-state index in [2.05, 4.69) is 15.3 Å². The van der Waals surface area contributed by atoms with Gasteiger partial charge in [-0.2, -0.15) is 0 Å². The van der Waals surface area contributed by atoms with Crippen LogP contribution in [0.15, 0.2) is 30.6 Å². The Morgan fingerprint density at radius 3 is 2.72 bits per heavy atom. The molecule has 0 unspecified atom stereocenters. The zero-order valence-corrected chi connectivity index (χ0v) is 10.9. The number of aromatic nitrogens is 2. The molecule has 94 valence electrons. The van der Waals surface area contributed by atoms with Gasteiger partial charge in [-0.1, -0.05) is 31.5 Å². The average Bonchev–Trinajstić information content (AvgIpc) is 2.28. The molecule has 1 heterocycles. The van der Waals surface area contributed by atoms with E-state index in [-0.39, 0.29) is 11.7 Å². The van der Waals surface area contributed by atoms with Gasteiger partial charge in [0.1, 0.15) is 23.1 Å². The molecular formula is C13H13ClFN3. The van der Waals surface area contributed by atoms with E-state index in [0.717, 1.165) is 5.56 Å². The van der Waals surface area contributed by atoms with Crippen LogP contribution < -0.4 is 5.32 Å². The van der Waals surface area contributed by atoms with Crippen LogP contribution in [0.1, 0.15) is 25.3 Å². The van der Waals surface area contributed by atoms with Crippen molar-refractivity contribution in [3.63, 3.8) is 0 Å². The summed E-state index contributed by atoms with van der Waals surface area (Å²) in [5.41, 5.74) is 1.45. The standard InChI is InChI=1S/C13H13ClFN3/c1-8(2)11-12(14)16-7-17-13(11)18-10-5-3-4-9(15)6-10/h3-8H,1-2H3,(H,16,17,18). The van der Waals surface area contributed by atoms with Gasteiger partial charge in [-0.05, 0) is 24.1 Å². The first-order valence-corrected chi connectivity index (χ1v) is 5.98. The second-order valence-corrected chi connectivity index (χ2v) is 4.57. The van der Waals surface area contributed by atoms with Crippen LogP contribution >= 0.6 is 11.6 Å². The normalized spacial score (nSPS) is 10.7. The second-order valence-electron chi connectivity index (χ2n) is 4.22. The monoisotopic (exact) mass is 265 g/mol. The second kappa shape index (κ2) is 5.31. The highest BCUT2D eigenvalue weighted by Gasteiger charge is 2.13. The maximum atomic E-state index is 13.1. The molecule has 1 N–H and O–H groups in total. The molecule has 2 aromatic rings. The van der Waals surface area contributed by atoms with Crippen molar-refractivity contribution < 1.29 is 4.39 Å². The fraction of sp³-hybridized carbons (Fsp3) is 0.231. The molecule has 0 aliphatic heterocycles. The molecule has 3 nitrogen and oxygen atoms in total. The van der Waals surface area contributed by atoms with Gasteiger partial charge < -0.3 is 5.32 Å². The van der Waals surface area contributed by atoms with E-state index in [1.807, 2.05) is 13.8 Å². The Morgan fingerprint density at radius 1 is 1.28 bits per heavy atom. The highest BCUT2D eigenvalue weighted by Crippen LogP contribution is 2.29. The fourth-order valence-electron chi connectivity index (χ4n) is 1.69. The molecule has 0 fully saturated rings. The van der Waals surface area contributed by atoms with Gasteiger partial charge in [-0.25, -0.2) is 14.4 Å². The number of nitrogens with one attached hydrogen (secondary N) is 1. The topological polar surface area (TPSA) is 37.8 Å². The smallest absolute Gasteiger partial charge is 0.138 e. The van der Waals surface area contributed by atoms with E-state index >= 15 is 0 Å². The van der Waals surface area contributed by atoms with Crippen LogP contribution in [-0.4, -0.2) is 9.97 Å². The minimum Gasteiger partial charge on any atom is -0.340 e. The van der Waals surface area contributed by atoms with Crippen molar-refractivity contribution in [3.8, 4) is 0 Å². The van der Waals surface area contributed by atoms with E-state index in [1.165, 1.54) is 18.5 Å². The number of nitrogens with zero attached hydrogens (tertiary/aromatic N) is 2. The van der Waals surface area contributed by atoms with Crippen LogP contribution in [0.2, 0.25) is 5.15 Å². The van der Waals surface area contributed by atoms with E-state index in [1.54, 1.807) is 12.1 Å². The third-order valence-corrected chi connectivity index (χ3v) is 2.80. The van der Waals surface area contributed by atoms with Crippen molar-refractivity contribution in [1.82, 2.24) is 9.97 Å². The number of hydrogen-bond acceptors (Lipinski definition) is 3. The van der Waals surface area contributed by atoms with Crippen molar-refractivity contribution in [2.75, 3.05) is 5.32 Å². The minimum absolute atomic E-state index is 0.176. The molecule has 0 spiro atoms. The molecular weight excluding hydrogens is 253 g/mol. The van der Waals surface area contributed by atoms with E-state index in [4.69, 9.17) is 11.6 Å². The highest BCUT2D eigenvalue weighted by atomic mass is 35.5. The number of benzene rings is 1. The van der Waals surface area contributed by atoms with Gasteiger partial charge in [-0.3, -0.25) is 0 Å². The zero-order valence-electron chi connectivity index (χ0n) is 10.1. The first-order valence-electron chi connectivity index (χ1n) is 5.61. The van der Waals surface area contributed by atoms with Crippen molar-refractivity contribution in [3.05, 3.63) is 47.1 Å². The SMILES string of the molecule is CC(C)c1c(Cl)ncnc1Nc1cccc(F)c1. The van der Waals surface area contributed by atoms with Crippen molar-refractivity contribution in [2.45, 2.75) is 19.8 Å². The molecule has 0 amide bonds. The Kier molecular flexibility index (Phi) is 3.77. The molecule has 1 aromatic heterocycles. The summed E-state index contributed by atoms with van der Waals surface area (Å²) < 4.78 is 13.1. The maximum absolute atomic E-state index is 13.1. The van der Waals surface area contributed by atoms with Gasteiger partial charge >= 0.3 is 0 Å². The lowest BCUT2D eigenvalue weighted by molar-refractivity contribution is 0.628. The first-order chi connectivity index (χ1) is 8.58. The third-order valence-electron chi connectivity index (χ3n) is 2.50. The summed E-state index contributed by atoms with van der Waals surface area (Å²) in [4.78, 5) is 8.12. The number of anilines is 2. The molecule has 18 heavy (non-hydrogen) atoms. The average molecular weight is 266 g/mol. The van der Waals surface area contributed by atoms with Crippen LogP contribution in [-0.2, 0) is 0 Å². The molecule has 0 bridgehead atoms. The van der Waals surface area contributed by atoms with Gasteiger partial charge in [0.05, 0.1) is 0 Å². The van der Waals surface area contributed by atoms with Gasteiger partial charge in [-0.15, -0.1) is 0 Å². The molecule has 0 aliphatic carbocycles. The fourth-order valence-corrected chi connectivity index (χ4v) is 2.04. The Bertz CT molecular complexity index is 558. The van der Waals surface area contributed by atoms with Crippen LogP contribution in [0.25, 0.3) is 0 Å². The third kappa shape index (κ3) is 2.76. The summed E-state index contributed by atoms with van der Waals surface area (Å²) in [6.45, 7) is 4.00. The Balaban J connectivity index is 2.37. The Labute approximate surface area is 110 Å². The van der Waals surface area contributed by atoms with Gasteiger partial charge in [0.25, 0.3) is 0 Å². The molecule has 5 heteroatoms. The quantitative estimate of drug-likeness (QED) is 0.848. The van der Waals surface area contributed by atoms with E-state index < -0.39 is 0 Å². The van der Waals surface area contributed by atoms with Crippen molar-refractivity contribution in [1.29, 1.82) is 0 Å². The molecule has 0 aliphatic rings. The molecule has 2 rings (SSSR count). The van der Waals surface area contributed by atoms with Crippen LogP contribution in [0.5, 0.6) is 0 Å². The lowest BCUT2D eigenvalue weighted by Gasteiger charge is -2.14. The summed E-state index contributed by atoms with van der Waals surface area (Å²) >= 11 is 6.06. The largest absolute Gasteiger partial charge is 0.340 e. The molecule has 0 radical (unpaired) electrons. The predicted molar refractivity (Wildman–Crippen MR) is 70.8 cm³/mol. The van der Waals surface area contributed by atoms with Crippen LogP contribution in [0.3, 0.4) is 0 Å². The zero-order chi connectivity index (χ0) is 13.1. The number of rotatable bonds is 3. The minimum atomic E-state index is -0.300. The summed E-state index contributed by atoms with van der Waals surface area (Å²) in [6, 6.07) is 6.19. The number of halogens is 2. The number of hydrogen-bond donors (Lipinski definition) is 1. The van der Waals surface area contributed by atoms with E-state index in [0.29, 0.717) is 16.7 Å². The first kappa shape index (κ1) is 12.8. The predicted octanol–water partition coefficient (Wildman–Crippen LogP) is 4.14. The molecule has 0 saturated carbocycles. The molecule has 0 saturated heterocycles. The lowest BCUT2D eigenvalue weighted by Crippen LogP contribution is -2.03. The van der Waals surface area contributed by atoms with Crippen LogP contribution in [0, 0.1) is 5.82 Å². The molecule has 0 atom stereocenters. The van der Waals surface area contributed by atoms with Crippen molar-refractivity contribution in [2.24, 2.45) is 0 Å². The maximum Gasteiger partial charge on any atom is 0.138 e. The summed E-state index contributed by atoms with van der Waals surface area (Å²) in [5, 5.41) is 3.48. The van der Waals surface area contributed by atoms with Gasteiger partial charge in [0, 0.05) is 11.3 Å². The Morgan fingerprint density at radius 2 is 2.06 bits per heavy atom. The van der Waals surface area contributed by atoms with Crippen molar-refractivity contribution >= 4 is 23.1 Å². The molecule has 1 aromatic carbocycles. The Hall–Kier alpha value is -1.68. The summed E-state index contributed by atoms with van der Waals surface area (Å²) in [5.74, 6) is 0.483. The van der Waals surface area contributed by atoms with Gasteiger partial charge in [0.2, 0.25) is 0 Å². The lowest BCUT2D eigenvalue weighted by atomic mass is 10.1. The van der Waals surface area contributed by atoms with Gasteiger partial charge in [0.15, 0.2) is 0 Å². The summed E-state index contributed by atoms with van der Waals surface area (Å²) in [7, 11) is 0.